The van der Waals surface area contributed by atoms with Crippen LogP contribution in [-0.4, -0.2) is 26.4 Å². The van der Waals surface area contributed by atoms with Crippen molar-refractivity contribution in [3.05, 3.63) is 63.4 Å². The SMILES string of the molecule is COCCOc1ccc(CNC(=O)NC(C)c2cc(F)c(Cl)cc2Cl)cc1. The number of nitrogens with one attached hydrogen (secondary N) is 2. The minimum Gasteiger partial charge on any atom is -0.491 e. The van der Waals surface area contributed by atoms with Crippen molar-refractivity contribution in [3.63, 3.8) is 0 Å². The molecule has 1 unspecified atom stereocenters. The van der Waals surface area contributed by atoms with Gasteiger partial charge in [-0.05, 0) is 42.3 Å². The Kier molecular flexibility index (Phi) is 8.16. The van der Waals surface area contributed by atoms with Gasteiger partial charge >= 0.3 is 6.03 Å². The number of carbonyl (C=O) groups is 1. The molecule has 0 radical (unpaired) electrons. The summed E-state index contributed by atoms with van der Waals surface area (Å²) in [5, 5.41) is 5.69. The molecule has 2 aromatic carbocycles. The number of methoxy groups -OCH3 is 1. The molecule has 2 amide bonds. The minimum atomic E-state index is -0.585. The monoisotopic (exact) mass is 414 g/mol. The van der Waals surface area contributed by atoms with Crippen LogP contribution in [0.2, 0.25) is 10.0 Å². The van der Waals surface area contributed by atoms with Crippen LogP contribution in [0.25, 0.3) is 0 Å². The predicted molar refractivity (Wildman–Crippen MR) is 104 cm³/mol. The van der Waals surface area contributed by atoms with Crippen molar-refractivity contribution >= 4 is 29.2 Å². The minimum absolute atomic E-state index is 0.0601. The quantitative estimate of drug-likeness (QED) is 0.485. The highest BCUT2D eigenvalue weighted by atomic mass is 35.5. The van der Waals surface area contributed by atoms with Gasteiger partial charge in [0.2, 0.25) is 0 Å². The first kappa shape index (κ1) is 21.3. The molecule has 0 bridgehead atoms. The van der Waals surface area contributed by atoms with E-state index in [4.69, 9.17) is 32.7 Å². The van der Waals surface area contributed by atoms with Crippen LogP contribution in [0.3, 0.4) is 0 Å². The molecule has 1 atom stereocenters. The van der Waals surface area contributed by atoms with Crippen LogP contribution < -0.4 is 15.4 Å². The number of urea groups is 1. The van der Waals surface area contributed by atoms with Crippen molar-refractivity contribution in [1.29, 1.82) is 0 Å². The molecule has 27 heavy (non-hydrogen) atoms. The van der Waals surface area contributed by atoms with Crippen molar-refractivity contribution in [1.82, 2.24) is 10.6 Å². The number of halogens is 3. The van der Waals surface area contributed by atoms with Gasteiger partial charge in [-0.15, -0.1) is 0 Å². The molecule has 0 spiro atoms. The lowest BCUT2D eigenvalue weighted by molar-refractivity contribution is 0.146. The first-order valence-electron chi connectivity index (χ1n) is 8.30. The molecular weight excluding hydrogens is 394 g/mol. The molecule has 2 N–H and O–H groups in total. The molecule has 0 aliphatic rings. The van der Waals surface area contributed by atoms with E-state index in [0.29, 0.717) is 30.3 Å². The summed E-state index contributed by atoms with van der Waals surface area (Å²) in [7, 11) is 1.61. The lowest BCUT2D eigenvalue weighted by Crippen LogP contribution is -2.36. The van der Waals surface area contributed by atoms with Gasteiger partial charge in [-0.1, -0.05) is 35.3 Å². The summed E-state index contributed by atoms with van der Waals surface area (Å²) < 4.78 is 24.0. The van der Waals surface area contributed by atoms with Gasteiger partial charge in [-0.2, -0.15) is 0 Å². The van der Waals surface area contributed by atoms with Crippen LogP contribution in [-0.2, 0) is 11.3 Å². The number of ether oxygens (including phenoxy) is 2. The van der Waals surface area contributed by atoms with Crippen molar-refractivity contribution in [2.24, 2.45) is 0 Å². The Balaban J connectivity index is 1.84. The van der Waals surface area contributed by atoms with Crippen molar-refractivity contribution in [2.45, 2.75) is 19.5 Å². The van der Waals surface area contributed by atoms with E-state index in [1.54, 1.807) is 14.0 Å². The lowest BCUT2D eigenvalue weighted by atomic mass is 10.1. The first-order chi connectivity index (χ1) is 12.9. The Hall–Kier alpha value is -2.02. The van der Waals surface area contributed by atoms with Crippen LogP contribution in [0.4, 0.5) is 9.18 Å². The van der Waals surface area contributed by atoms with Gasteiger partial charge in [0.25, 0.3) is 0 Å². The molecule has 0 heterocycles. The largest absolute Gasteiger partial charge is 0.491 e. The topological polar surface area (TPSA) is 59.6 Å². The Morgan fingerprint density at radius 1 is 1.15 bits per heavy atom. The van der Waals surface area contributed by atoms with E-state index < -0.39 is 17.9 Å². The van der Waals surface area contributed by atoms with Gasteiger partial charge < -0.3 is 20.1 Å². The fourth-order valence-electron chi connectivity index (χ4n) is 2.32. The Morgan fingerprint density at radius 3 is 2.52 bits per heavy atom. The lowest BCUT2D eigenvalue weighted by Gasteiger charge is -2.17. The second-order valence-electron chi connectivity index (χ2n) is 5.82. The summed E-state index contributed by atoms with van der Waals surface area (Å²) in [6.07, 6.45) is 0. The van der Waals surface area contributed by atoms with Gasteiger partial charge in [0.15, 0.2) is 0 Å². The van der Waals surface area contributed by atoms with Crippen LogP contribution in [0.1, 0.15) is 24.1 Å². The van der Waals surface area contributed by atoms with Gasteiger partial charge in [-0.25, -0.2) is 9.18 Å². The fraction of sp³-hybridized carbons (Fsp3) is 0.316. The second-order valence-corrected chi connectivity index (χ2v) is 6.64. The maximum absolute atomic E-state index is 13.6. The van der Waals surface area contributed by atoms with Crippen molar-refractivity contribution < 1.29 is 18.7 Å². The van der Waals surface area contributed by atoms with E-state index in [1.807, 2.05) is 24.3 Å². The standard InChI is InChI=1S/C19H21Cl2FN2O3/c1-12(15-9-18(22)17(21)10-16(15)20)24-19(25)23-11-13-3-5-14(6-4-13)27-8-7-26-2/h3-6,9-10,12H,7-8,11H2,1-2H3,(H2,23,24,25). The summed E-state index contributed by atoms with van der Waals surface area (Å²) in [5.41, 5.74) is 1.36. The maximum Gasteiger partial charge on any atom is 0.315 e. The zero-order valence-electron chi connectivity index (χ0n) is 15.0. The third-order valence-electron chi connectivity index (χ3n) is 3.79. The first-order valence-corrected chi connectivity index (χ1v) is 9.05. The molecule has 0 fully saturated rings. The molecule has 0 aromatic heterocycles. The molecule has 146 valence electrons. The Labute approximate surface area is 167 Å². The molecule has 2 aromatic rings. The van der Waals surface area contributed by atoms with E-state index in [2.05, 4.69) is 10.6 Å². The third kappa shape index (κ3) is 6.57. The van der Waals surface area contributed by atoms with E-state index in [-0.39, 0.29) is 5.02 Å². The van der Waals surface area contributed by atoms with Gasteiger partial charge in [0.1, 0.15) is 18.2 Å². The molecule has 0 aliphatic carbocycles. The summed E-state index contributed by atoms with van der Waals surface area (Å²) in [5.74, 6) is 0.145. The number of hydrogen-bond donors (Lipinski definition) is 2. The van der Waals surface area contributed by atoms with E-state index in [0.717, 1.165) is 11.3 Å². The normalized spacial score (nSPS) is 11.7. The average Bonchev–Trinajstić information content (AvgIpc) is 2.64. The highest BCUT2D eigenvalue weighted by Gasteiger charge is 2.15. The van der Waals surface area contributed by atoms with Crippen LogP contribution in [0, 0.1) is 5.82 Å². The molecule has 0 aliphatic heterocycles. The zero-order valence-corrected chi connectivity index (χ0v) is 16.5. The number of benzene rings is 2. The molecule has 2 rings (SSSR count). The smallest absolute Gasteiger partial charge is 0.315 e. The van der Waals surface area contributed by atoms with E-state index in [9.17, 15) is 9.18 Å². The van der Waals surface area contributed by atoms with Crippen molar-refractivity contribution in [2.75, 3.05) is 20.3 Å². The second kappa shape index (κ2) is 10.3. The van der Waals surface area contributed by atoms with Gasteiger partial charge in [-0.3, -0.25) is 0 Å². The number of rotatable bonds is 8. The number of hydrogen-bond acceptors (Lipinski definition) is 3. The number of carbonyl (C=O) groups excluding carboxylic acids is 1. The van der Waals surface area contributed by atoms with Gasteiger partial charge in [0, 0.05) is 18.7 Å². The average molecular weight is 415 g/mol. The van der Waals surface area contributed by atoms with Crippen LogP contribution in [0.15, 0.2) is 36.4 Å². The summed E-state index contributed by atoms with van der Waals surface area (Å²) in [6, 6.07) is 9.02. The van der Waals surface area contributed by atoms with Crippen molar-refractivity contribution in [3.8, 4) is 5.75 Å². The zero-order chi connectivity index (χ0) is 19.8. The summed E-state index contributed by atoms with van der Waals surface area (Å²) in [6.45, 7) is 3.03. The molecular formula is C19H21Cl2FN2O3. The Bertz CT molecular complexity index is 772. The van der Waals surface area contributed by atoms with E-state index >= 15 is 0 Å². The molecule has 8 heteroatoms. The highest BCUT2D eigenvalue weighted by Crippen LogP contribution is 2.28. The molecule has 0 saturated carbocycles. The fourth-order valence-corrected chi connectivity index (χ4v) is 2.87. The van der Waals surface area contributed by atoms with Gasteiger partial charge in [0.05, 0.1) is 17.7 Å². The van der Waals surface area contributed by atoms with Crippen LogP contribution in [0.5, 0.6) is 5.75 Å². The van der Waals surface area contributed by atoms with E-state index in [1.165, 1.54) is 12.1 Å². The molecule has 5 nitrogen and oxygen atoms in total. The summed E-state index contributed by atoms with van der Waals surface area (Å²) in [4.78, 5) is 12.1. The molecule has 0 saturated heterocycles. The summed E-state index contributed by atoms with van der Waals surface area (Å²) >= 11 is 11.8. The number of amides is 2. The predicted octanol–water partition coefficient (Wildman–Crippen LogP) is 4.72. The maximum atomic E-state index is 13.6. The van der Waals surface area contributed by atoms with Crippen LogP contribution >= 0.6 is 23.2 Å². The third-order valence-corrected chi connectivity index (χ3v) is 4.40. The Morgan fingerprint density at radius 2 is 1.85 bits per heavy atom. The highest BCUT2D eigenvalue weighted by molar-refractivity contribution is 6.35.